The van der Waals surface area contributed by atoms with Gasteiger partial charge in [0.1, 0.15) is 0 Å². The number of benzene rings is 1. The second-order valence-electron chi connectivity index (χ2n) is 5.99. The van der Waals surface area contributed by atoms with Gasteiger partial charge in [-0.25, -0.2) is 0 Å². The number of H-pyrrole nitrogens is 1. The number of hydrogen-bond acceptors (Lipinski definition) is 4. The number of rotatable bonds is 2. The molecule has 0 bridgehead atoms. The van der Waals surface area contributed by atoms with E-state index in [1.54, 1.807) is 4.90 Å². The minimum atomic E-state index is -0.479. The Bertz CT molecular complexity index is 665. The fourth-order valence-corrected chi connectivity index (χ4v) is 2.82. The zero-order valence-corrected chi connectivity index (χ0v) is 12.2. The van der Waals surface area contributed by atoms with Gasteiger partial charge in [0.25, 0.3) is 5.91 Å². The second-order valence-corrected chi connectivity index (χ2v) is 5.99. The number of amides is 1. The van der Waals surface area contributed by atoms with Gasteiger partial charge in [-0.3, -0.25) is 9.89 Å². The molecule has 1 amide bonds. The molecule has 21 heavy (non-hydrogen) atoms. The summed E-state index contributed by atoms with van der Waals surface area (Å²) in [5.74, 6) is -0.137. The molecule has 2 aromatic rings. The Hall–Kier alpha value is -1.92. The number of nitrogens with one attached hydrogen (secondary N) is 1. The van der Waals surface area contributed by atoms with Crippen molar-refractivity contribution in [2.24, 2.45) is 0 Å². The van der Waals surface area contributed by atoms with Crippen LogP contribution in [0.25, 0.3) is 10.9 Å². The number of nitrogens with zero attached hydrogens (tertiary/aromatic N) is 2. The van der Waals surface area contributed by atoms with Gasteiger partial charge in [-0.05, 0) is 19.9 Å². The Balaban J connectivity index is 1.90. The van der Waals surface area contributed by atoms with Crippen LogP contribution in [0.15, 0.2) is 24.3 Å². The van der Waals surface area contributed by atoms with Crippen molar-refractivity contribution in [1.29, 1.82) is 0 Å². The van der Waals surface area contributed by atoms with Crippen molar-refractivity contribution >= 4 is 16.8 Å². The van der Waals surface area contributed by atoms with E-state index < -0.39 is 5.60 Å². The number of ether oxygens (including phenoxy) is 1. The highest BCUT2D eigenvalue weighted by molar-refractivity contribution is 6.04. The topological polar surface area (TPSA) is 78.5 Å². The van der Waals surface area contributed by atoms with Crippen LogP contribution in [0, 0.1) is 0 Å². The lowest BCUT2D eigenvalue weighted by molar-refractivity contribution is -0.139. The summed E-state index contributed by atoms with van der Waals surface area (Å²) in [4.78, 5) is 14.4. The average Bonchev–Trinajstić information content (AvgIpc) is 2.88. The molecular weight excluding hydrogens is 270 g/mol. The highest BCUT2D eigenvalue weighted by atomic mass is 16.5. The summed E-state index contributed by atoms with van der Waals surface area (Å²) >= 11 is 0. The minimum Gasteiger partial charge on any atom is -0.394 e. The van der Waals surface area contributed by atoms with Crippen LogP contribution in [-0.4, -0.2) is 57.5 Å². The first-order chi connectivity index (χ1) is 10.00. The van der Waals surface area contributed by atoms with Crippen molar-refractivity contribution in [3.63, 3.8) is 0 Å². The van der Waals surface area contributed by atoms with E-state index in [4.69, 9.17) is 4.74 Å². The van der Waals surface area contributed by atoms with Crippen LogP contribution in [0.2, 0.25) is 0 Å². The fraction of sp³-hybridized carbons (Fsp3) is 0.467. The molecule has 2 N–H and O–H groups in total. The summed E-state index contributed by atoms with van der Waals surface area (Å²) in [7, 11) is 0. The first kappa shape index (κ1) is 14.0. The van der Waals surface area contributed by atoms with Gasteiger partial charge in [0, 0.05) is 18.5 Å². The van der Waals surface area contributed by atoms with Crippen LogP contribution in [0.5, 0.6) is 0 Å². The third kappa shape index (κ3) is 2.64. The normalized spacial score (nSPS) is 21.7. The van der Waals surface area contributed by atoms with Gasteiger partial charge in [0.2, 0.25) is 0 Å². The highest BCUT2D eigenvalue weighted by Gasteiger charge is 2.36. The number of hydrogen-bond donors (Lipinski definition) is 2. The van der Waals surface area contributed by atoms with Gasteiger partial charge >= 0.3 is 0 Å². The number of para-hydroxylation sites is 1. The van der Waals surface area contributed by atoms with Gasteiger partial charge in [0.15, 0.2) is 5.69 Å². The molecule has 112 valence electrons. The third-order valence-electron chi connectivity index (χ3n) is 3.65. The summed E-state index contributed by atoms with van der Waals surface area (Å²) in [6, 6.07) is 7.54. The zero-order chi connectivity index (χ0) is 15.0. The Morgan fingerprint density at radius 2 is 2.29 bits per heavy atom. The van der Waals surface area contributed by atoms with E-state index in [1.807, 2.05) is 38.1 Å². The molecule has 6 nitrogen and oxygen atoms in total. The van der Waals surface area contributed by atoms with Gasteiger partial charge in [-0.2, -0.15) is 5.10 Å². The number of carbonyl (C=O) groups is 1. The summed E-state index contributed by atoms with van der Waals surface area (Å²) in [5.41, 5.74) is 0.778. The SMILES string of the molecule is CC1(C)CN(C(=O)c2n[nH]c3ccccc23)CC(CO)O1. The summed E-state index contributed by atoms with van der Waals surface area (Å²) in [6.07, 6.45) is -0.358. The van der Waals surface area contributed by atoms with E-state index in [-0.39, 0.29) is 18.6 Å². The lowest BCUT2D eigenvalue weighted by atomic mass is 10.0. The van der Waals surface area contributed by atoms with Crippen LogP contribution in [-0.2, 0) is 4.74 Å². The molecule has 0 aliphatic carbocycles. The van der Waals surface area contributed by atoms with Gasteiger partial charge < -0.3 is 14.7 Å². The molecule has 2 heterocycles. The van der Waals surface area contributed by atoms with Crippen LogP contribution in [0.4, 0.5) is 0 Å². The summed E-state index contributed by atoms with van der Waals surface area (Å²) in [5, 5.41) is 17.2. The van der Waals surface area contributed by atoms with E-state index in [2.05, 4.69) is 10.2 Å². The lowest BCUT2D eigenvalue weighted by Crippen LogP contribution is -2.55. The Morgan fingerprint density at radius 1 is 1.52 bits per heavy atom. The van der Waals surface area contributed by atoms with E-state index in [0.717, 1.165) is 10.9 Å². The van der Waals surface area contributed by atoms with Crippen LogP contribution >= 0.6 is 0 Å². The predicted octanol–water partition coefficient (Wildman–Crippen LogP) is 1.17. The minimum absolute atomic E-state index is 0.103. The maximum Gasteiger partial charge on any atom is 0.275 e. The number of aliphatic hydroxyl groups excluding tert-OH is 1. The van der Waals surface area contributed by atoms with E-state index in [1.165, 1.54) is 0 Å². The van der Waals surface area contributed by atoms with Crippen LogP contribution in [0.1, 0.15) is 24.3 Å². The van der Waals surface area contributed by atoms with Crippen molar-refractivity contribution in [2.45, 2.75) is 25.6 Å². The van der Waals surface area contributed by atoms with Crippen molar-refractivity contribution < 1.29 is 14.6 Å². The highest BCUT2D eigenvalue weighted by Crippen LogP contribution is 2.24. The molecule has 1 aliphatic rings. The first-order valence-electron chi connectivity index (χ1n) is 7.01. The largest absolute Gasteiger partial charge is 0.394 e. The zero-order valence-electron chi connectivity index (χ0n) is 12.2. The number of aromatic nitrogens is 2. The lowest BCUT2D eigenvalue weighted by Gasteiger charge is -2.42. The molecule has 1 aliphatic heterocycles. The third-order valence-corrected chi connectivity index (χ3v) is 3.65. The Labute approximate surface area is 122 Å². The molecule has 0 saturated carbocycles. The van der Waals surface area contributed by atoms with Gasteiger partial charge in [-0.15, -0.1) is 0 Å². The van der Waals surface area contributed by atoms with Crippen molar-refractivity contribution in [3.05, 3.63) is 30.0 Å². The van der Waals surface area contributed by atoms with E-state index in [9.17, 15) is 9.90 Å². The second kappa shape index (κ2) is 5.13. The quantitative estimate of drug-likeness (QED) is 0.870. The van der Waals surface area contributed by atoms with Crippen LogP contribution < -0.4 is 0 Å². The molecule has 1 atom stereocenters. The van der Waals surface area contributed by atoms with E-state index in [0.29, 0.717) is 18.8 Å². The van der Waals surface area contributed by atoms with Gasteiger partial charge in [-0.1, -0.05) is 18.2 Å². The molecule has 1 saturated heterocycles. The van der Waals surface area contributed by atoms with E-state index >= 15 is 0 Å². The summed E-state index contributed by atoms with van der Waals surface area (Å²) in [6.45, 7) is 4.58. The average molecular weight is 289 g/mol. The number of aromatic amines is 1. The fourth-order valence-electron chi connectivity index (χ4n) is 2.82. The smallest absolute Gasteiger partial charge is 0.275 e. The number of carbonyl (C=O) groups excluding carboxylic acids is 1. The summed E-state index contributed by atoms with van der Waals surface area (Å²) < 4.78 is 5.74. The van der Waals surface area contributed by atoms with Crippen molar-refractivity contribution in [3.8, 4) is 0 Å². The first-order valence-corrected chi connectivity index (χ1v) is 7.01. The molecule has 0 radical (unpaired) electrons. The number of aliphatic hydroxyl groups is 1. The standard InChI is InChI=1S/C15H19N3O3/c1-15(2)9-18(7-10(8-19)21-15)14(20)13-11-5-3-4-6-12(11)16-17-13/h3-6,10,19H,7-9H2,1-2H3,(H,16,17). The maximum absolute atomic E-state index is 12.7. The van der Waals surface area contributed by atoms with Crippen molar-refractivity contribution in [2.75, 3.05) is 19.7 Å². The molecule has 1 fully saturated rings. The Morgan fingerprint density at radius 3 is 3.05 bits per heavy atom. The van der Waals surface area contributed by atoms with Crippen molar-refractivity contribution in [1.82, 2.24) is 15.1 Å². The molecule has 3 rings (SSSR count). The number of fused-ring (bicyclic) bond motifs is 1. The molecule has 6 heteroatoms. The van der Waals surface area contributed by atoms with Crippen LogP contribution in [0.3, 0.4) is 0 Å². The molecule has 1 unspecified atom stereocenters. The number of morpholine rings is 1. The molecular formula is C15H19N3O3. The molecule has 1 aromatic carbocycles. The predicted molar refractivity (Wildman–Crippen MR) is 78.0 cm³/mol. The molecule has 1 aromatic heterocycles. The van der Waals surface area contributed by atoms with Gasteiger partial charge in [0.05, 0.1) is 23.8 Å². The monoisotopic (exact) mass is 289 g/mol. The Kier molecular flexibility index (Phi) is 3.43. The maximum atomic E-state index is 12.7. The molecule has 0 spiro atoms.